The van der Waals surface area contributed by atoms with Gasteiger partial charge in [-0.2, -0.15) is 0 Å². The Labute approximate surface area is 212 Å². The van der Waals surface area contributed by atoms with Crippen LogP contribution in [0.1, 0.15) is 29.6 Å². The molecule has 188 valence electrons. The second-order valence-electron chi connectivity index (χ2n) is 9.05. The highest BCUT2D eigenvalue weighted by molar-refractivity contribution is 6.05. The number of aromatic amines is 1. The second kappa shape index (κ2) is 10.6. The van der Waals surface area contributed by atoms with Crippen molar-refractivity contribution in [3.8, 4) is 5.69 Å². The summed E-state index contributed by atoms with van der Waals surface area (Å²) in [6.07, 6.45) is 2.78. The highest BCUT2D eigenvalue weighted by Crippen LogP contribution is 2.18. The highest BCUT2D eigenvalue weighted by Gasteiger charge is 2.14. The van der Waals surface area contributed by atoms with Crippen LogP contribution in [0, 0.1) is 0 Å². The van der Waals surface area contributed by atoms with Gasteiger partial charge < -0.3 is 20.5 Å². The molecular formula is C28H27N5O4. The molecule has 0 spiro atoms. The zero-order valence-electron chi connectivity index (χ0n) is 20.2. The lowest BCUT2D eigenvalue weighted by atomic mass is 10.1. The molecule has 4 aromatic rings. The number of fused-ring (bicyclic) bond motifs is 1. The fourth-order valence-electron chi connectivity index (χ4n) is 4.55. The van der Waals surface area contributed by atoms with Crippen molar-refractivity contribution in [1.82, 2.24) is 14.5 Å². The monoisotopic (exact) mass is 497 g/mol. The quantitative estimate of drug-likeness (QED) is 0.362. The molecule has 3 aromatic carbocycles. The molecule has 2 amide bonds. The van der Waals surface area contributed by atoms with Gasteiger partial charge in [0.15, 0.2) is 0 Å². The predicted octanol–water partition coefficient (Wildman–Crippen LogP) is 3.36. The van der Waals surface area contributed by atoms with Gasteiger partial charge in [0.05, 0.1) is 16.6 Å². The molecule has 9 heteroatoms. The number of hydrogen-bond donors (Lipinski definition) is 3. The second-order valence-corrected chi connectivity index (χ2v) is 9.05. The van der Waals surface area contributed by atoms with Gasteiger partial charge in [0, 0.05) is 29.9 Å². The molecule has 1 saturated heterocycles. The molecule has 1 aliphatic rings. The summed E-state index contributed by atoms with van der Waals surface area (Å²) in [5.74, 6) is -0.487. The van der Waals surface area contributed by atoms with Crippen LogP contribution < -0.4 is 21.9 Å². The first-order chi connectivity index (χ1) is 18.0. The molecule has 0 aliphatic carbocycles. The smallest absolute Gasteiger partial charge is 0.326 e. The minimum Gasteiger partial charge on any atom is -0.326 e. The molecule has 0 atom stereocenters. The maximum absolute atomic E-state index is 13.0. The van der Waals surface area contributed by atoms with Crippen LogP contribution in [-0.2, 0) is 4.79 Å². The lowest BCUT2D eigenvalue weighted by Crippen LogP contribution is -2.33. The number of hydrogen-bond acceptors (Lipinski definition) is 5. The predicted molar refractivity (Wildman–Crippen MR) is 143 cm³/mol. The number of likely N-dealkylation sites (tertiary alicyclic amines) is 1. The summed E-state index contributed by atoms with van der Waals surface area (Å²) in [6.45, 7) is 2.82. The fraction of sp³-hybridized carbons (Fsp3) is 0.214. The molecule has 9 nitrogen and oxygen atoms in total. The summed E-state index contributed by atoms with van der Waals surface area (Å²) in [7, 11) is 0. The third-order valence-electron chi connectivity index (χ3n) is 6.43. The van der Waals surface area contributed by atoms with Gasteiger partial charge in [-0.05, 0) is 74.5 Å². The van der Waals surface area contributed by atoms with Crippen LogP contribution in [0.25, 0.3) is 16.6 Å². The van der Waals surface area contributed by atoms with E-state index in [0.29, 0.717) is 28.7 Å². The maximum atomic E-state index is 13.0. The number of amides is 2. The number of nitrogens with zero attached hydrogens (tertiary/aromatic N) is 2. The molecule has 1 aliphatic heterocycles. The van der Waals surface area contributed by atoms with Gasteiger partial charge in [-0.25, -0.2) is 9.36 Å². The molecule has 0 bridgehead atoms. The highest BCUT2D eigenvalue weighted by atomic mass is 16.2. The molecule has 2 heterocycles. The first kappa shape index (κ1) is 24.2. The lowest BCUT2D eigenvalue weighted by Gasteiger charge is -2.14. The third kappa shape index (κ3) is 5.52. The van der Waals surface area contributed by atoms with Crippen molar-refractivity contribution in [3.63, 3.8) is 0 Å². The van der Waals surface area contributed by atoms with E-state index in [9.17, 15) is 19.2 Å². The van der Waals surface area contributed by atoms with E-state index in [1.807, 2.05) is 0 Å². The minimum absolute atomic E-state index is 0.0749. The molecule has 0 unspecified atom stereocenters. The van der Waals surface area contributed by atoms with E-state index < -0.39 is 17.2 Å². The minimum atomic E-state index is -0.588. The molecule has 37 heavy (non-hydrogen) atoms. The van der Waals surface area contributed by atoms with E-state index >= 15 is 0 Å². The summed E-state index contributed by atoms with van der Waals surface area (Å²) < 4.78 is 1.01. The number of carbonyl (C=O) groups excluding carboxylic acids is 2. The van der Waals surface area contributed by atoms with Crippen molar-refractivity contribution in [3.05, 3.63) is 99.2 Å². The van der Waals surface area contributed by atoms with Crippen molar-refractivity contribution in [2.24, 2.45) is 0 Å². The van der Waals surface area contributed by atoms with Crippen LogP contribution in [0.4, 0.5) is 11.4 Å². The topological polar surface area (TPSA) is 116 Å². The van der Waals surface area contributed by atoms with Crippen LogP contribution >= 0.6 is 0 Å². The Morgan fingerprint density at radius 3 is 2.38 bits per heavy atom. The zero-order valence-corrected chi connectivity index (χ0v) is 20.2. The molecular weight excluding hydrogens is 470 g/mol. The molecule has 0 saturated carbocycles. The lowest BCUT2D eigenvalue weighted by molar-refractivity contribution is -0.116. The van der Waals surface area contributed by atoms with Crippen molar-refractivity contribution in [2.75, 3.05) is 30.3 Å². The van der Waals surface area contributed by atoms with Gasteiger partial charge >= 0.3 is 5.69 Å². The maximum Gasteiger partial charge on any atom is 0.333 e. The normalized spacial score (nSPS) is 13.5. The third-order valence-corrected chi connectivity index (χ3v) is 6.43. The van der Waals surface area contributed by atoms with Gasteiger partial charge in [0.2, 0.25) is 5.91 Å². The summed E-state index contributed by atoms with van der Waals surface area (Å²) >= 11 is 0. The van der Waals surface area contributed by atoms with E-state index in [-0.39, 0.29) is 17.2 Å². The Balaban J connectivity index is 1.30. The van der Waals surface area contributed by atoms with Gasteiger partial charge in [-0.15, -0.1) is 0 Å². The number of carbonyl (C=O) groups is 2. The Hall–Kier alpha value is -4.50. The number of H-pyrrole nitrogens is 1. The molecule has 0 radical (unpaired) electrons. The van der Waals surface area contributed by atoms with Crippen molar-refractivity contribution in [2.45, 2.75) is 19.3 Å². The van der Waals surface area contributed by atoms with E-state index in [1.54, 1.807) is 66.7 Å². The van der Waals surface area contributed by atoms with E-state index in [2.05, 4.69) is 20.5 Å². The molecule has 5 rings (SSSR count). The fourth-order valence-corrected chi connectivity index (χ4v) is 4.55. The number of aromatic nitrogens is 2. The van der Waals surface area contributed by atoms with Gasteiger partial charge in [-0.1, -0.05) is 24.3 Å². The number of para-hydroxylation sites is 1. The average Bonchev–Trinajstić information content (AvgIpc) is 3.42. The van der Waals surface area contributed by atoms with Crippen LogP contribution in [-0.4, -0.2) is 45.9 Å². The van der Waals surface area contributed by atoms with E-state index in [1.165, 1.54) is 18.9 Å². The van der Waals surface area contributed by atoms with Gasteiger partial charge in [-0.3, -0.25) is 14.4 Å². The van der Waals surface area contributed by atoms with Crippen LogP contribution in [0.3, 0.4) is 0 Å². The van der Waals surface area contributed by atoms with E-state index in [4.69, 9.17) is 0 Å². The Bertz CT molecular complexity index is 1580. The largest absolute Gasteiger partial charge is 0.333 e. The van der Waals surface area contributed by atoms with Crippen LogP contribution in [0.5, 0.6) is 0 Å². The van der Waals surface area contributed by atoms with Gasteiger partial charge in [0.25, 0.3) is 11.5 Å². The first-order valence-corrected chi connectivity index (χ1v) is 12.3. The summed E-state index contributed by atoms with van der Waals surface area (Å²) in [5, 5.41) is 6.07. The number of rotatable bonds is 7. The van der Waals surface area contributed by atoms with Crippen molar-refractivity contribution < 1.29 is 9.59 Å². The molecule has 1 aromatic heterocycles. The van der Waals surface area contributed by atoms with E-state index in [0.717, 1.165) is 24.2 Å². The average molecular weight is 498 g/mol. The van der Waals surface area contributed by atoms with Gasteiger partial charge in [0.1, 0.15) is 0 Å². The van der Waals surface area contributed by atoms with Crippen LogP contribution in [0.15, 0.2) is 82.4 Å². The Morgan fingerprint density at radius 2 is 1.57 bits per heavy atom. The number of anilines is 2. The van der Waals surface area contributed by atoms with Crippen LogP contribution in [0.2, 0.25) is 0 Å². The van der Waals surface area contributed by atoms with Crippen molar-refractivity contribution in [1.29, 1.82) is 0 Å². The molecule has 3 N–H and O–H groups in total. The SMILES string of the molecule is O=C(CCN1CCCC1)Nc1cccc(NC(=O)c2cccc(-n3c(=O)[nH]c4ccccc4c3=O)c2)c1. The van der Waals surface area contributed by atoms with Crippen molar-refractivity contribution >= 4 is 34.1 Å². The standard InChI is InChI=1S/C28H27N5O4/c34-25(13-16-32-14-3-4-15-32)29-20-8-6-9-21(18-20)30-26(35)19-7-5-10-22(17-19)33-27(36)23-11-1-2-12-24(23)31-28(33)37/h1-2,5-12,17-18H,3-4,13-16H2,(H,29,34)(H,30,35)(H,31,37). The number of benzene rings is 3. The number of nitrogens with one attached hydrogen (secondary N) is 3. The zero-order chi connectivity index (χ0) is 25.8. The summed E-state index contributed by atoms with van der Waals surface area (Å²) in [6, 6.07) is 20.0. The Morgan fingerprint density at radius 1 is 0.838 bits per heavy atom. The Kier molecular flexibility index (Phi) is 6.96. The summed E-state index contributed by atoms with van der Waals surface area (Å²) in [4.78, 5) is 55.9. The molecule has 1 fully saturated rings. The summed E-state index contributed by atoms with van der Waals surface area (Å²) in [5.41, 5.74) is 1.05. The first-order valence-electron chi connectivity index (χ1n) is 12.3.